The average Bonchev–Trinajstić information content (AvgIpc) is 2.43. The van der Waals surface area contributed by atoms with Gasteiger partial charge in [-0.1, -0.05) is 125 Å². The summed E-state index contributed by atoms with van der Waals surface area (Å²) in [6.07, 6.45) is 0. The van der Waals surface area contributed by atoms with Crippen LogP contribution in [0.2, 0.25) is 79.3 Å². The molecule has 228 valence electrons. The van der Waals surface area contributed by atoms with E-state index in [1.165, 1.54) is 0 Å². The molecule has 0 rings (SSSR count). The Balaban J connectivity index is 0. The van der Waals surface area contributed by atoms with Gasteiger partial charge in [-0.3, -0.25) is 0 Å². The molecule has 0 amide bonds. The summed E-state index contributed by atoms with van der Waals surface area (Å²) in [6, 6.07) is 0. The van der Waals surface area contributed by atoms with Gasteiger partial charge < -0.3 is 0 Å². The second kappa shape index (κ2) is 13.1. The third-order valence-electron chi connectivity index (χ3n) is 7.31. The summed E-state index contributed by atoms with van der Waals surface area (Å²) in [5.41, 5.74) is 0. The molecule has 0 aromatic carbocycles. The fraction of sp³-hybridized carbons (Fsp3) is 1.00. The molecular weight excluding hydrogens is 597 g/mol. The Hall–Kier alpha value is 1.63. The van der Waals surface area contributed by atoms with E-state index in [4.69, 9.17) is 0 Å². The molecule has 0 aliphatic rings. The molecule has 0 saturated carbocycles. The van der Waals surface area contributed by atoms with Gasteiger partial charge in [-0.05, 0) is 30.2 Å². The Morgan fingerprint density at radius 1 is 0.395 bits per heavy atom. The van der Waals surface area contributed by atoms with Gasteiger partial charge in [0.15, 0.2) is 0 Å². The SMILES string of the molecule is CC(C)(C)[Si](C(C)(C)C)[Si]([Si](C(C)(C)C)C(C)(C)C)(C(C)(C)C)C(C)(C)C.C[Si](C)(C)[CH2][Ge][CH2][Si](C)(C)C. The maximum atomic E-state index is 2.63. The van der Waals surface area contributed by atoms with Crippen molar-refractivity contribution in [3.05, 3.63) is 0 Å². The summed E-state index contributed by atoms with van der Waals surface area (Å²) in [7, 11) is -4.49. The molecule has 4 radical (unpaired) electrons. The van der Waals surface area contributed by atoms with Crippen LogP contribution in [-0.4, -0.2) is 55.3 Å². The van der Waals surface area contributed by atoms with E-state index in [0.29, 0.717) is 45.7 Å². The summed E-state index contributed by atoms with van der Waals surface area (Å²) in [5.74, 6) is 0. The molecule has 0 heterocycles. The van der Waals surface area contributed by atoms with Crippen molar-refractivity contribution in [2.75, 3.05) is 0 Å². The molecule has 0 spiro atoms. The summed E-state index contributed by atoms with van der Waals surface area (Å²) in [4.78, 5) is 3.30. The molecule has 6 heteroatoms. The van der Waals surface area contributed by atoms with E-state index in [1.807, 2.05) is 0 Å². The Morgan fingerprint density at radius 2 is 0.579 bits per heavy atom. The third kappa shape index (κ3) is 12.5. The van der Waals surface area contributed by atoms with Gasteiger partial charge in [0.1, 0.15) is 0 Å². The minimum absolute atomic E-state index is 0.398. The van der Waals surface area contributed by atoms with Crippen LogP contribution in [0.15, 0.2) is 0 Å². The zero-order chi connectivity index (χ0) is 31.8. The van der Waals surface area contributed by atoms with Crippen LogP contribution in [-0.2, 0) is 0 Å². The van der Waals surface area contributed by atoms with Crippen LogP contribution in [0.1, 0.15) is 125 Å². The fourth-order valence-corrected chi connectivity index (χ4v) is 75.4. The molecule has 38 heavy (non-hydrogen) atoms. The first kappa shape index (κ1) is 41.8. The van der Waals surface area contributed by atoms with Gasteiger partial charge in [-0.25, -0.2) is 0 Å². The van der Waals surface area contributed by atoms with Crippen LogP contribution in [0.4, 0.5) is 0 Å². The van der Waals surface area contributed by atoms with Crippen LogP contribution >= 0.6 is 0 Å². The van der Waals surface area contributed by atoms with E-state index in [0.717, 1.165) is 0 Å². The normalized spacial score (nSPS) is 15.6. The van der Waals surface area contributed by atoms with E-state index in [1.54, 1.807) is 9.75 Å². The van der Waals surface area contributed by atoms with Gasteiger partial charge in [0.2, 0.25) is 0 Å². The Morgan fingerprint density at radius 3 is 0.684 bits per heavy atom. The van der Waals surface area contributed by atoms with Crippen LogP contribution in [0.25, 0.3) is 0 Å². The molecule has 0 aliphatic carbocycles. The number of hydrogen-bond donors (Lipinski definition) is 0. The van der Waals surface area contributed by atoms with E-state index in [9.17, 15) is 0 Å². The molecule has 0 fully saturated rings. The predicted octanol–water partition coefficient (Wildman–Crippen LogP) is 12.7. The van der Waals surface area contributed by atoms with Crippen molar-refractivity contribution < 1.29 is 0 Å². The Labute approximate surface area is 257 Å². The van der Waals surface area contributed by atoms with Crippen LogP contribution in [0.3, 0.4) is 0 Å². The maximum absolute atomic E-state index is 2.63. The Bertz CT molecular complexity index is 613. The quantitative estimate of drug-likeness (QED) is 0.246. The fourth-order valence-electron chi connectivity index (χ4n) is 8.06. The third-order valence-corrected chi connectivity index (χ3v) is 65.4. The summed E-state index contributed by atoms with van der Waals surface area (Å²) in [5, 5.41) is 2.42. The molecule has 0 aromatic heterocycles. The molecule has 0 unspecified atom stereocenters. The Kier molecular flexibility index (Phi) is 14.4. The zero-order valence-electron chi connectivity index (χ0n) is 31.4. The van der Waals surface area contributed by atoms with Crippen molar-refractivity contribution in [2.45, 2.75) is 204 Å². The monoisotopic (exact) mass is 674 g/mol. The van der Waals surface area contributed by atoms with Gasteiger partial charge in [-0.2, -0.15) is 0 Å². The molecule has 0 bridgehead atoms. The van der Waals surface area contributed by atoms with E-state index >= 15 is 0 Å². The predicted molar refractivity (Wildman–Crippen MR) is 198 cm³/mol. The summed E-state index contributed by atoms with van der Waals surface area (Å²) < 4.78 is 0. The summed E-state index contributed by atoms with van der Waals surface area (Å²) in [6.45, 7) is 61.8. The van der Waals surface area contributed by atoms with Gasteiger partial charge >= 0.3 is 80.6 Å². The average molecular weight is 674 g/mol. The second-order valence-electron chi connectivity index (χ2n) is 20.7. The van der Waals surface area contributed by atoms with Crippen LogP contribution in [0, 0.1) is 0 Å². The van der Waals surface area contributed by atoms with E-state index in [-0.39, 0.29) is 0 Å². The van der Waals surface area contributed by atoms with Gasteiger partial charge in [-0.15, -0.1) is 0 Å². The first-order chi connectivity index (χ1) is 15.9. The van der Waals surface area contributed by atoms with Crippen molar-refractivity contribution >= 4 is 55.3 Å². The molecule has 0 N–H and O–H groups in total. The molecule has 0 nitrogen and oxygen atoms in total. The first-order valence-corrected chi connectivity index (χ1v) is 32.8. The van der Waals surface area contributed by atoms with E-state index in [2.05, 4.69) is 164 Å². The topological polar surface area (TPSA) is 0 Å². The van der Waals surface area contributed by atoms with Gasteiger partial charge in [0, 0.05) is 0 Å². The van der Waals surface area contributed by atoms with Crippen molar-refractivity contribution in [2.24, 2.45) is 0 Å². The molecule has 0 aromatic rings. The number of rotatable bonds is 6. The molecular formula is C32H76GeSi5. The van der Waals surface area contributed by atoms with Crippen LogP contribution < -0.4 is 0 Å². The summed E-state index contributed by atoms with van der Waals surface area (Å²) >= 11 is 0.443. The zero-order valence-corrected chi connectivity index (χ0v) is 38.5. The first-order valence-electron chi connectivity index (χ1n) is 15.4. The van der Waals surface area contributed by atoms with Crippen LogP contribution in [0.5, 0.6) is 0 Å². The molecule has 0 saturated heterocycles. The number of hydrogen-bond acceptors (Lipinski definition) is 0. The van der Waals surface area contributed by atoms with Gasteiger partial charge in [0.05, 0.1) is 23.7 Å². The van der Waals surface area contributed by atoms with Gasteiger partial charge in [0.25, 0.3) is 0 Å². The van der Waals surface area contributed by atoms with Crippen molar-refractivity contribution in [1.29, 1.82) is 0 Å². The molecule has 0 atom stereocenters. The minimum atomic E-state index is -1.80. The second-order valence-corrected chi connectivity index (χ2v) is 58.2. The standard InChI is InChI=1S/C24H54Si3.C8H22GeSi2/c1-19(2,3)25(20(4,5)6)27(23(13,14)15,24(16,17)18)26(21(7,8)9)22(10,11)12;1-10(2,3)7-9-8-11(4,5)6/h1-18H3;7-8H2,1-6H3. The van der Waals surface area contributed by atoms with Crippen molar-refractivity contribution in [3.63, 3.8) is 0 Å². The molecule has 0 aliphatic heterocycles. The van der Waals surface area contributed by atoms with Crippen molar-refractivity contribution in [1.82, 2.24) is 0 Å². The van der Waals surface area contributed by atoms with Crippen molar-refractivity contribution in [3.8, 4) is 0 Å². The van der Waals surface area contributed by atoms with E-state index < -0.39 is 39.9 Å².